The number of nitrogens with one attached hydrogen (secondary N) is 1. The predicted octanol–water partition coefficient (Wildman–Crippen LogP) is 3.29. The molecule has 23 heavy (non-hydrogen) atoms. The molecule has 0 amide bonds. The maximum Gasteiger partial charge on any atom is 0.275 e. The fraction of sp³-hybridized carbons (Fsp3) is 0.667. The molecule has 5 heteroatoms. The lowest BCUT2D eigenvalue weighted by molar-refractivity contribution is 0.425. The number of fused-ring (bicyclic) bond motifs is 1. The fourth-order valence-corrected chi connectivity index (χ4v) is 4.03. The van der Waals surface area contributed by atoms with Crippen molar-refractivity contribution in [3.05, 3.63) is 21.6 Å². The highest BCUT2D eigenvalue weighted by Gasteiger charge is 2.23. The number of pyridine rings is 1. The highest BCUT2D eigenvalue weighted by Crippen LogP contribution is 2.30. The van der Waals surface area contributed by atoms with Gasteiger partial charge in [0, 0.05) is 31.1 Å². The Morgan fingerprint density at radius 2 is 2.00 bits per heavy atom. The van der Waals surface area contributed by atoms with Crippen LogP contribution in [0.4, 0.5) is 5.82 Å². The number of hydrogen-bond acceptors (Lipinski definition) is 3. The molecule has 3 rings (SSSR count). The predicted molar refractivity (Wildman–Crippen MR) is 95.3 cm³/mol. The summed E-state index contributed by atoms with van der Waals surface area (Å²) in [7, 11) is 3.98. The van der Waals surface area contributed by atoms with Crippen LogP contribution in [0.15, 0.2) is 4.79 Å². The Labute approximate surface area is 137 Å². The molecule has 0 unspecified atom stereocenters. The summed E-state index contributed by atoms with van der Waals surface area (Å²) in [5, 5.41) is 5.64. The van der Waals surface area contributed by atoms with Gasteiger partial charge in [0.1, 0.15) is 11.3 Å². The van der Waals surface area contributed by atoms with Crippen LogP contribution in [0.1, 0.15) is 56.7 Å². The van der Waals surface area contributed by atoms with Crippen molar-refractivity contribution in [2.45, 2.75) is 64.8 Å². The van der Waals surface area contributed by atoms with Gasteiger partial charge in [-0.3, -0.25) is 9.48 Å². The van der Waals surface area contributed by atoms with Gasteiger partial charge in [-0.1, -0.05) is 32.6 Å². The van der Waals surface area contributed by atoms with Crippen LogP contribution in [0.5, 0.6) is 0 Å². The molecule has 5 nitrogen and oxygen atoms in total. The molecule has 1 saturated carbocycles. The van der Waals surface area contributed by atoms with E-state index in [1.165, 1.54) is 32.1 Å². The minimum absolute atomic E-state index is 0.0272. The summed E-state index contributed by atoms with van der Waals surface area (Å²) < 4.78 is 1.73. The molecule has 0 radical (unpaired) electrons. The third kappa shape index (κ3) is 2.77. The minimum Gasteiger partial charge on any atom is -0.358 e. The molecule has 1 N–H and O–H groups in total. The van der Waals surface area contributed by atoms with Gasteiger partial charge in [-0.05, 0) is 26.2 Å². The van der Waals surface area contributed by atoms with Gasteiger partial charge in [0.15, 0.2) is 0 Å². The van der Waals surface area contributed by atoms with Crippen LogP contribution in [-0.2, 0) is 13.5 Å². The fourth-order valence-electron chi connectivity index (χ4n) is 4.03. The second-order valence-electron chi connectivity index (χ2n) is 6.87. The van der Waals surface area contributed by atoms with E-state index in [4.69, 9.17) is 0 Å². The zero-order valence-corrected chi connectivity index (χ0v) is 14.8. The first-order valence-electron chi connectivity index (χ1n) is 8.85. The molecule has 1 aliphatic carbocycles. The molecule has 1 aliphatic rings. The third-order valence-electron chi connectivity index (χ3n) is 5.26. The van der Waals surface area contributed by atoms with Gasteiger partial charge < -0.3 is 9.88 Å². The van der Waals surface area contributed by atoms with E-state index in [9.17, 15) is 4.79 Å². The first-order chi connectivity index (χ1) is 11.0. The second-order valence-corrected chi connectivity index (χ2v) is 6.87. The van der Waals surface area contributed by atoms with Crippen molar-refractivity contribution in [2.75, 3.05) is 11.9 Å². The average Bonchev–Trinajstić information content (AvgIpc) is 2.88. The molecule has 0 atom stereocenters. The van der Waals surface area contributed by atoms with E-state index in [-0.39, 0.29) is 5.56 Å². The van der Waals surface area contributed by atoms with Crippen molar-refractivity contribution >= 4 is 16.7 Å². The molecule has 2 heterocycles. The summed E-state index contributed by atoms with van der Waals surface area (Å²) in [5.41, 5.74) is 2.88. The summed E-state index contributed by atoms with van der Waals surface area (Å²) in [6, 6.07) is 0.529. The molecule has 0 aliphatic heterocycles. The highest BCUT2D eigenvalue weighted by atomic mass is 16.1. The monoisotopic (exact) mass is 316 g/mol. The van der Waals surface area contributed by atoms with E-state index < -0.39 is 0 Å². The summed E-state index contributed by atoms with van der Waals surface area (Å²) in [5.74, 6) is 0.972. The van der Waals surface area contributed by atoms with Crippen molar-refractivity contribution in [3.8, 4) is 0 Å². The van der Waals surface area contributed by atoms with E-state index in [0.29, 0.717) is 11.6 Å². The second kappa shape index (κ2) is 6.38. The van der Waals surface area contributed by atoms with Gasteiger partial charge in [0.05, 0.1) is 5.69 Å². The Kier molecular flexibility index (Phi) is 4.46. The molecule has 0 bridgehead atoms. The molecule has 0 aromatic carbocycles. The average molecular weight is 316 g/mol. The van der Waals surface area contributed by atoms with E-state index in [1.807, 2.05) is 7.05 Å². The Morgan fingerprint density at radius 3 is 2.65 bits per heavy atom. The SMILES string of the molecule is CCCc1nn(C)c2c(=O)[nH]c(N(C)C3CCCCC3)c(C)c12. The van der Waals surface area contributed by atoms with Crippen LogP contribution in [-0.4, -0.2) is 27.9 Å². The van der Waals surface area contributed by atoms with E-state index in [2.05, 4.69) is 35.9 Å². The maximum absolute atomic E-state index is 12.6. The summed E-state index contributed by atoms with van der Waals surface area (Å²) in [6.45, 7) is 4.27. The number of aromatic nitrogens is 3. The van der Waals surface area contributed by atoms with Gasteiger partial charge in [0.25, 0.3) is 5.56 Å². The molecule has 1 fully saturated rings. The van der Waals surface area contributed by atoms with E-state index >= 15 is 0 Å². The molecule has 0 spiro atoms. The van der Waals surface area contributed by atoms with Gasteiger partial charge in [-0.15, -0.1) is 0 Å². The van der Waals surface area contributed by atoms with Crippen molar-refractivity contribution in [1.82, 2.24) is 14.8 Å². The molecular weight excluding hydrogens is 288 g/mol. The number of nitrogens with zero attached hydrogens (tertiary/aromatic N) is 3. The number of aryl methyl sites for hydroxylation is 3. The zero-order chi connectivity index (χ0) is 16.6. The van der Waals surface area contributed by atoms with Crippen LogP contribution in [0.25, 0.3) is 10.9 Å². The third-order valence-corrected chi connectivity index (χ3v) is 5.26. The van der Waals surface area contributed by atoms with E-state index in [1.54, 1.807) is 4.68 Å². The van der Waals surface area contributed by atoms with E-state index in [0.717, 1.165) is 35.3 Å². The lowest BCUT2D eigenvalue weighted by atomic mass is 9.94. The number of H-pyrrole nitrogens is 1. The minimum atomic E-state index is -0.0272. The van der Waals surface area contributed by atoms with Crippen molar-refractivity contribution in [3.63, 3.8) is 0 Å². The zero-order valence-electron chi connectivity index (χ0n) is 14.8. The number of hydrogen-bond donors (Lipinski definition) is 1. The Hall–Kier alpha value is -1.78. The number of anilines is 1. The number of aromatic amines is 1. The van der Waals surface area contributed by atoms with Crippen LogP contribution in [0, 0.1) is 6.92 Å². The first kappa shape index (κ1) is 16.1. The van der Waals surface area contributed by atoms with Crippen LogP contribution in [0.2, 0.25) is 0 Å². The van der Waals surface area contributed by atoms with Gasteiger partial charge in [0.2, 0.25) is 0 Å². The smallest absolute Gasteiger partial charge is 0.275 e. The quantitative estimate of drug-likeness (QED) is 0.941. The molecular formula is C18H28N4O. The van der Waals surface area contributed by atoms with Crippen LogP contribution >= 0.6 is 0 Å². The van der Waals surface area contributed by atoms with Crippen LogP contribution < -0.4 is 10.5 Å². The summed E-state index contributed by atoms with van der Waals surface area (Å²) in [4.78, 5) is 18.0. The van der Waals surface area contributed by atoms with Crippen LogP contribution in [0.3, 0.4) is 0 Å². The summed E-state index contributed by atoms with van der Waals surface area (Å²) >= 11 is 0. The molecule has 0 saturated heterocycles. The largest absolute Gasteiger partial charge is 0.358 e. The topological polar surface area (TPSA) is 53.9 Å². The highest BCUT2D eigenvalue weighted by molar-refractivity contribution is 5.88. The molecule has 126 valence electrons. The van der Waals surface area contributed by atoms with Gasteiger partial charge in [-0.2, -0.15) is 5.10 Å². The first-order valence-corrected chi connectivity index (χ1v) is 8.85. The maximum atomic E-state index is 12.6. The Balaban J connectivity index is 2.12. The van der Waals surface area contributed by atoms with Crippen molar-refractivity contribution < 1.29 is 0 Å². The molecule has 2 aromatic rings. The lowest BCUT2D eigenvalue weighted by Gasteiger charge is -2.33. The lowest BCUT2D eigenvalue weighted by Crippen LogP contribution is -2.35. The standard InChI is InChI=1S/C18H28N4O/c1-5-9-14-15-12(2)17(19-18(23)16(15)22(4)20-14)21(3)13-10-7-6-8-11-13/h13H,5-11H2,1-4H3,(H,19,23). The Bertz CT molecular complexity index is 752. The van der Waals surface area contributed by atoms with Gasteiger partial charge >= 0.3 is 0 Å². The summed E-state index contributed by atoms with van der Waals surface area (Å²) in [6.07, 6.45) is 8.28. The van der Waals surface area contributed by atoms with Gasteiger partial charge in [-0.25, -0.2) is 0 Å². The normalized spacial score (nSPS) is 16.2. The molecule has 2 aromatic heterocycles. The van der Waals surface area contributed by atoms with Crippen molar-refractivity contribution in [2.24, 2.45) is 7.05 Å². The van der Waals surface area contributed by atoms with Crippen molar-refractivity contribution in [1.29, 1.82) is 0 Å². The number of rotatable bonds is 4. The Morgan fingerprint density at radius 1 is 1.30 bits per heavy atom.